The molecule has 7 nitrogen and oxygen atoms in total. The van der Waals surface area contributed by atoms with Gasteiger partial charge >= 0.3 is 0 Å². The molecule has 24 heavy (non-hydrogen) atoms. The normalized spacial score (nSPS) is 10.6. The molecule has 0 saturated carbocycles. The van der Waals surface area contributed by atoms with Gasteiger partial charge in [-0.2, -0.15) is 5.10 Å². The predicted molar refractivity (Wildman–Crippen MR) is 93.5 cm³/mol. The van der Waals surface area contributed by atoms with Crippen molar-refractivity contribution in [1.29, 1.82) is 0 Å². The highest BCUT2D eigenvalue weighted by Gasteiger charge is 2.10. The molecule has 1 N–H and O–H groups in total. The lowest BCUT2D eigenvalue weighted by molar-refractivity contribution is -0.384. The van der Waals surface area contributed by atoms with E-state index in [2.05, 4.69) is 26.5 Å². The van der Waals surface area contributed by atoms with Crippen LogP contribution in [-0.2, 0) is 0 Å². The van der Waals surface area contributed by atoms with E-state index >= 15 is 0 Å². The van der Waals surface area contributed by atoms with Gasteiger partial charge in [-0.15, -0.1) is 0 Å². The molecule has 0 aliphatic rings. The van der Waals surface area contributed by atoms with Crippen molar-refractivity contribution in [2.45, 2.75) is 6.92 Å². The van der Waals surface area contributed by atoms with Crippen molar-refractivity contribution < 1.29 is 14.5 Å². The molecule has 0 aliphatic heterocycles. The fourth-order valence-corrected chi connectivity index (χ4v) is 2.37. The third kappa shape index (κ3) is 4.63. The predicted octanol–water partition coefficient (Wildman–Crippen LogP) is 3.52. The van der Waals surface area contributed by atoms with E-state index in [0.29, 0.717) is 6.61 Å². The van der Waals surface area contributed by atoms with Crippen LogP contribution in [0.5, 0.6) is 5.75 Å². The highest BCUT2D eigenvalue weighted by atomic mass is 79.9. The molecule has 0 saturated heterocycles. The average molecular weight is 392 g/mol. The van der Waals surface area contributed by atoms with Gasteiger partial charge in [0.25, 0.3) is 11.6 Å². The maximum Gasteiger partial charge on any atom is 0.271 e. The van der Waals surface area contributed by atoms with Gasteiger partial charge in [-0.1, -0.05) is 6.07 Å². The molecular weight excluding hydrogens is 378 g/mol. The third-order valence-electron chi connectivity index (χ3n) is 2.95. The summed E-state index contributed by atoms with van der Waals surface area (Å²) >= 11 is 3.39. The lowest BCUT2D eigenvalue weighted by atomic mass is 10.2. The molecule has 0 aliphatic carbocycles. The number of hydrogen-bond donors (Lipinski definition) is 1. The zero-order chi connectivity index (χ0) is 17.5. The Hall–Kier alpha value is -2.74. The first-order valence-electron chi connectivity index (χ1n) is 7.01. The fourth-order valence-electron chi connectivity index (χ4n) is 1.86. The minimum Gasteiger partial charge on any atom is -0.493 e. The summed E-state index contributed by atoms with van der Waals surface area (Å²) in [6.45, 7) is 2.45. The summed E-state index contributed by atoms with van der Waals surface area (Å²) in [6.07, 6.45) is 1.47. The number of nitrogens with one attached hydrogen (secondary N) is 1. The number of halogens is 1. The van der Waals surface area contributed by atoms with Crippen molar-refractivity contribution >= 4 is 33.7 Å². The molecule has 0 aromatic heterocycles. The van der Waals surface area contributed by atoms with Gasteiger partial charge in [0, 0.05) is 17.7 Å². The van der Waals surface area contributed by atoms with Gasteiger partial charge in [0.05, 0.1) is 22.2 Å². The topological polar surface area (TPSA) is 93.8 Å². The Morgan fingerprint density at radius 2 is 2.17 bits per heavy atom. The Labute approximate surface area is 146 Å². The van der Waals surface area contributed by atoms with E-state index in [4.69, 9.17) is 4.74 Å². The number of hydrogen-bond acceptors (Lipinski definition) is 5. The molecule has 2 aromatic rings. The third-order valence-corrected chi connectivity index (χ3v) is 3.57. The molecule has 1 amide bonds. The highest BCUT2D eigenvalue weighted by molar-refractivity contribution is 9.10. The SMILES string of the molecule is CCOc1ccc(/C=N/NC(=O)c2cccc([N+](=O)[O-])c2)cc1Br. The summed E-state index contributed by atoms with van der Waals surface area (Å²) in [6, 6.07) is 10.8. The first-order valence-corrected chi connectivity index (χ1v) is 7.80. The molecular formula is C16H14BrN3O4. The van der Waals surface area contributed by atoms with E-state index < -0.39 is 10.8 Å². The summed E-state index contributed by atoms with van der Waals surface area (Å²) in [7, 11) is 0. The molecule has 124 valence electrons. The Kier molecular flexibility index (Phi) is 6.02. The molecule has 0 unspecified atom stereocenters. The second-order valence-corrected chi connectivity index (χ2v) is 5.48. The molecule has 0 spiro atoms. The summed E-state index contributed by atoms with van der Waals surface area (Å²) in [4.78, 5) is 22.1. The Balaban J connectivity index is 2.03. The number of amides is 1. The molecule has 8 heteroatoms. The van der Waals surface area contributed by atoms with Gasteiger partial charge in [0.2, 0.25) is 0 Å². The fraction of sp³-hybridized carbons (Fsp3) is 0.125. The molecule has 0 radical (unpaired) electrons. The van der Waals surface area contributed by atoms with Gasteiger partial charge in [-0.05, 0) is 52.7 Å². The van der Waals surface area contributed by atoms with Crippen LogP contribution in [0.3, 0.4) is 0 Å². The monoisotopic (exact) mass is 391 g/mol. The quantitative estimate of drug-likeness (QED) is 0.462. The van der Waals surface area contributed by atoms with Crippen molar-refractivity contribution in [3.8, 4) is 5.75 Å². The van der Waals surface area contributed by atoms with E-state index in [-0.39, 0.29) is 11.3 Å². The number of benzene rings is 2. The maximum absolute atomic E-state index is 11.9. The second-order valence-electron chi connectivity index (χ2n) is 4.63. The molecule has 0 heterocycles. The number of hydrazone groups is 1. The average Bonchev–Trinajstić information content (AvgIpc) is 2.57. The minimum absolute atomic E-state index is 0.151. The van der Waals surface area contributed by atoms with Crippen LogP contribution in [-0.4, -0.2) is 23.7 Å². The molecule has 2 rings (SSSR count). The number of ether oxygens (including phenoxy) is 1. The van der Waals surface area contributed by atoms with Crippen molar-refractivity contribution in [2.75, 3.05) is 6.61 Å². The smallest absolute Gasteiger partial charge is 0.271 e. The number of carbonyl (C=O) groups is 1. The van der Waals surface area contributed by atoms with Crippen LogP contribution >= 0.6 is 15.9 Å². The van der Waals surface area contributed by atoms with Crippen molar-refractivity contribution in [1.82, 2.24) is 5.43 Å². The van der Waals surface area contributed by atoms with Crippen LogP contribution in [0.25, 0.3) is 0 Å². The van der Waals surface area contributed by atoms with Crippen molar-refractivity contribution in [3.63, 3.8) is 0 Å². The van der Waals surface area contributed by atoms with Crippen LogP contribution in [0.4, 0.5) is 5.69 Å². The lowest BCUT2D eigenvalue weighted by Gasteiger charge is -2.05. The van der Waals surface area contributed by atoms with Crippen LogP contribution in [0.2, 0.25) is 0 Å². The molecule has 0 atom stereocenters. The van der Waals surface area contributed by atoms with Gasteiger partial charge in [0.15, 0.2) is 0 Å². The number of nitro groups is 1. The van der Waals surface area contributed by atoms with E-state index in [1.807, 2.05) is 6.92 Å². The highest BCUT2D eigenvalue weighted by Crippen LogP contribution is 2.25. The largest absolute Gasteiger partial charge is 0.493 e. The van der Waals surface area contributed by atoms with Gasteiger partial charge in [-0.25, -0.2) is 5.43 Å². The summed E-state index contributed by atoms with van der Waals surface area (Å²) < 4.78 is 6.18. The van der Waals surface area contributed by atoms with E-state index in [9.17, 15) is 14.9 Å². The van der Waals surface area contributed by atoms with Crippen LogP contribution in [0.1, 0.15) is 22.8 Å². The number of carbonyl (C=O) groups excluding carboxylic acids is 1. The Morgan fingerprint density at radius 1 is 1.38 bits per heavy atom. The van der Waals surface area contributed by atoms with Crippen LogP contribution < -0.4 is 10.2 Å². The number of rotatable bonds is 6. The molecule has 0 bridgehead atoms. The minimum atomic E-state index is -0.558. The van der Waals surface area contributed by atoms with Crippen LogP contribution in [0, 0.1) is 10.1 Å². The number of nitrogens with zero attached hydrogens (tertiary/aromatic N) is 2. The zero-order valence-corrected chi connectivity index (χ0v) is 14.3. The second kappa shape index (κ2) is 8.21. The first kappa shape index (κ1) is 17.6. The van der Waals surface area contributed by atoms with Crippen molar-refractivity contribution in [2.24, 2.45) is 5.10 Å². The van der Waals surface area contributed by atoms with E-state index in [1.165, 1.54) is 30.5 Å². The molecule has 0 fully saturated rings. The first-order chi connectivity index (χ1) is 11.5. The van der Waals surface area contributed by atoms with Gasteiger partial charge in [0.1, 0.15) is 5.75 Å². The maximum atomic E-state index is 11.9. The lowest BCUT2D eigenvalue weighted by Crippen LogP contribution is -2.17. The standard InChI is InChI=1S/C16H14BrN3O4/c1-2-24-15-7-6-11(8-14(15)17)10-18-19-16(21)12-4-3-5-13(9-12)20(22)23/h3-10H,2H2,1H3,(H,19,21)/b18-10+. The summed E-state index contributed by atoms with van der Waals surface area (Å²) in [5.74, 6) is 0.190. The zero-order valence-electron chi connectivity index (χ0n) is 12.7. The number of non-ortho nitro benzene ring substituents is 1. The van der Waals surface area contributed by atoms with E-state index in [0.717, 1.165) is 15.8 Å². The number of nitro benzene ring substituents is 1. The Morgan fingerprint density at radius 3 is 2.83 bits per heavy atom. The summed E-state index contributed by atoms with van der Waals surface area (Å²) in [5.41, 5.74) is 3.10. The Bertz CT molecular complexity index is 793. The van der Waals surface area contributed by atoms with E-state index in [1.54, 1.807) is 18.2 Å². The van der Waals surface area contributed by atoms with Gasteiger partial charge in [-0.3, -0.25) is 14.9 Å². The van der Waals surface area contributed by atoms with Gasteiger partial charge < -0.3 is 4.74 Å². The summed E-state index contributed by atoms with van der Waals surface area (Å²) in [5, 5.41) is 14.6. The van der Waals surface area contributed by atoms with Crippen molar-refractivity contribution in [3.05, 3.63) is 68.2 Å². The molecule has 2 aromatic carbocycles. The van der Waals surface area contributed by atoms with Crippen LogP contribution in [0.15, 0.2) is 52.0 Å².